The third kappa shape index (κ3) is 7.93. The minimum absolute atomic E-state index is 0.174. The first-order valence-electron chi connectivity index (χ1n) is 4.96. The Morgan fingerprint density at radius 2 is 2.00 bits per heavy atom. The number of rotatable bonds is 7. The largest absolute Gasteiger partial charge is 0.481 e. The van der Waals surface area contributed by atoms with Gasteiger partial charge in [-0.15, -0.1) is 0 Å². The smallest absolute Gasteiger partial charge is 0.309 e. The van der Waals surface area contributed by atoms with Gasteiger partial charge in [-0.25, -0.2) is 0 Å². The molecule has 0 aliphatic rings. The van der Waals surface area contributed by atoms with Crippen LogP contribution >= 0.6 is 0 Å². The molecule has 5 heteroatoms. The number of carboxylic acids is 1. The molecule has 0 heterocycles. The maximum absolute atomic E-state index is 11.2. The Bertz CT molecular complexity index is 215. The van der Waals surface area contributed by atoms with E-state index in [9.17, 15) is 9.59 Å². The number of carboxylic acid groups (broad SMARTS) is 1. The molecule has 0 aromatic heterocycles. The molecule has 1 N–H and O–H groups in total. The zero-order valence-electron chi connectivity index (χ0n) is 9.52. The normalized spacial score (nSPS) is 12.5. The van der Waals surface area contributed by atoms with Crippen molar-refractivity contribution in [3.8, 4) is 0 Å². The van der Waals surface area contributed by atoms with Crippen LogP contribution in [0.2, 0.25) is 0 Å². The highest BCUT2D eigenvalue weighted by Gasteiger charge is 2.17. The zero-order chi connectivity index (χ0) is 11.8. The number of hydrogen-bond donors (Lipinski definition) is 1. The van der Waals surface area contributed by atoms with E-state index < -0.39 is 17.9 Å². The molecule has 0 bridgehead atoms. The van der Waals surface area contributed by atoms with E-state index in [1.165, 1.54) is 0 Å². The third-order valence-corrected chi connectivity index (χ3v) is 1.88. The van der Waals surface area contributed by atoms with Gasteiger partial charge in [0.1, 0.15) is 0 Å². The highest BCUT2D eigenvalue weighted by molar-refractivity contribution is 5.78. The van der Waals surface area contributed by atoms with E-state index in [1.807, 2.05) is 19.0 Å². The summed E-state index contributed by atoms with van der Waals surface area (Å²) in [5, 5.41) is 8.46. The number of esters is 1. The van der Waals surface area contributed by atoms with Gasteiger partial charge < -0.3 is 14.7 Å². The number of ether oxygens (including phenoxy) is 1. The molecule has 88 valence electrons. The Hall–Kier alpha value is -1.10. The second-order valence-electron chi connectivity index (χ2n) is 3.82. The van der Waals surface area contributed by atoms with E-state index in [2.05, 4.69) is 0 Å². The van der Waals surface area contributed by atoms with Crippen molar-refractivity contribution in [1.29, 1.82) is 0 Å². The first-order chi connectivity index (χ1) is 6.93. The third-order valence-electron chi connectivity index (χ3n) is 1.88. The lowest BCUT2D eigenvalue weighted by Crippen LogP contribution is -2.20. The molecule has 5 nitrogen and oxygen atoms in total. The number of aliphatic carboxylic acids is 1. The van der Waals surface area contributed by atoms with Crippen molar-refractivity contribution in [3.63, 3.8) is 0 Å². The summed E-state index contributed by atoms with van der Waals surface area (Å²) < 4.78 is 4.93. The molecule has 0 saturated heterocycles. The van der Waals surface area contributed by atoms with Gasteiger partial charge >= 0.3 is 11.9 Å². The maximum Gasteiger partial charge on any atom is 0.309 e. The van der Waals surface area contributed by atoms with Gasteiger partial charge in [-0.1, -0.05) is 6.92 Å². The van der Waals surface area contributed by atoms with E-state index in [4.69, 9.17) is 9.84 Å². The summed E-state index contributed by atoms with van der Waals surface area (Å²) in [4.78, 5) is 23.5. The molecule has 1 unspecified atom stereocenters. The Kier molecular flexibility index (Phi) is 6.70. The van der Waals surface area contributed by atoms with Crippen LogP contribution in [-0.2, 0) is 14.3 Å². The monoisotopic (exact) mass is 217 g/mol. The van der Waals surface area contributed by atoms with Crippen LogP contribution in [-0.4, -0.2) is 49.2 Å². The van der Waals surface area contributed by atoms with Crippen LogP contribution in [0.5, 0.6) is 0 Å². The molecule has 1 atom stereocenters. The van der Waals surface area contributed by atoms with Gasteiger partial charge in [-0.05, 0) is 20.5 Å². The Labute approximate surface area is 90.0 Å². The van der Waals surface area contributed by atoms with Crippen molar-refractivity contribution < 1.29 is 19.4 Å². The summed E-state index contributed by atoms with van der Waals surface area (Å²) in [6.45, 7) is 2.75. The van der Waals surface area contributed by atoms with Crippen LogP contribution < -0.4 is 0 Å². The van der Waals surface area contributed by atoms with Crippen molar-refractivity contribution in [2.45, 2.75) is 19.8 Å². The highest BCUT2D eigenvalue weighted by atomic mass is 16.5. The molecule has 0 aliphatic heterocycles. The van der Waals surface area contributed by atoms with E-state index in [0.717, 1.165) is 13.0 Å². The van der Waals surface area contributed by atoms with Gasteiger partial charge in [0.15, 0.2) is 0 Å². The number of carbonyl (C=O) groups is 2. The molecule has 0 radical (unpaired) electrons. The number of hydrogen-bond acceptors (Lipinski definition) is 4. The molecule has 15 heavy (non-hydrogen) atoms. The average molecular weight is 217 g/mol. The molecule has 0 aliphatic carbocycles. The summed E-state index contributed by atoms with van der Waals surface area (Å²) in [6, 6.07) is 0. The van der Waals surface area contributed by atoms with Crippen LogP contribution in [0.3, 0.4) is 0 Å². The standard InChI is InChI=1S/C10H19NO4/c1-8(7-9(12)13)10(14)15-6-4-5-11(2)3/h8H,4-7H2,1-3H3,(H,12,13). The fourth-order valence-corrected chi connectivity index (χ4v) is 1.04. The topological polar surface area (TPSA) is 66.8 Å². The number of nitrogens with zero attached hydrogens (tertiary/aromatic N) is 1. The molecule has 0 spiro atoms. The maximum atomic E-state index is 11.2. The summed E-state index contributed by atoms with van der Waals surface area (Å²) in [6.07, 6.45) is 0.588. The lowest BCUT2D eigenvalue weighted by atomic mass is 10.1. The number of carbonyl (C=O) groups excluding carboxylic acids is 1. The summed E-state index contributed by atoms with van der Waals surface area (Å²) >= 11 is 0. The predicted molar refractivity (Wildman–Crippen MR) is 55.5 cm³/mol. The van der Waals surface area contributed by atoms with E-state index >= 15 is 0 Å². The summed E-state index contributed by atoms with van der Waals surface area (Å²) in [7, 11) is 3.88. The lowest BCUT2D eigenvalue weighted by Gasteiger charge is -2.11. The van der Waals surface area contributed by atoms with Crippen LogP contribution in [0.4, 0.5) is 0 Å². The minimum Gasteiger partial charge on any atom is -0.481 e. The predicted octanol–water partition coefficient (Wildman–Crippen LogP) is 0.592. The van der Waals surface area contributed by atoms with E-state index in [-0.39, 0.29) is 6.42 Å². The van der Waals surface area contributed by atoms with Crippen LogP contribution in [0.25, 0.3) is 0 Å². The zero-order valence-corrected chi connectivity index (χ0v) is 9.52. The van der Waals surface area contributed by atoms with E-state index in [1.54, 1.807) is 6.92 Å². The second-order valence-corrected chi connectivity index (χ2v) is 3.82. The highest BCUT2D eigenvalue weighted by Crippen LogP contribution is 2.04. The molecule has 0 saturated carbocycles. The van der Waals surface area contributed by atoms with Gasteiger partial charge in [0, 0.05) is 6.54 Å². The van der Waals surface area contributed by atoms with E-state index in [0.29, 0.717) is 6.61 Å². The first-order valence-corrected chi connectivity index (χ1v) is 4.96. The molecule has 0 aromatic carbocycles. The fourth-order valence-electron chi connectivity index (χ4n) is 1.04. The summed E-state index contributed by atoms with van der Waals surface area (Å²) in [5.41, 5.74) is 0. The quantitative estimate of drug-likeness (QED) is 0.499. The first kappa shape index (κ1) is 13.9. The van der Waals surface area contributed by atoms with Crippen LogP contribution in [0.1, 0.15) is 19.8 Å². The Morgan fingerprint density at radius 1 is 1.40 bits per heavy atom. The van der Waals surface area contributed by atoms with Crippen molar-refractivity contribution >= 4 is 11.9 Å². The van der Waals surface area contributed by atoms with Gasteiger partial charge in [-0.2, -0.15) is 0 Å². The Morgan fingerprint density at radius 3 is 2.47 bits per heavy atom. The van der Waals surface area contributed by atoms with Gasteiger partial charge in [0.2, 0.25) is 0 Å². The summed E-state index contributed by atoms with van der Waals surface area (Å²) in [5.74, 6) is -1.98. The van der Waals surface area contributed by atoms with Crippen molar-refractivity contribution in [3.05, 3.63) is 0 Å². The second kappa shape index (κ2) is 7.23. The van der Waals surface area contributed by atoms with Crippen molar-refractivity contribution in [1.82, 2.24) is 4.90 Å². The van der Waals surface area contributed by atoms with Crippen molar-refractivity contribution in [2.24, 2.45) is 5.92 Å². The van der Waals surface area contributed by atoms with Crippen molar-refractivity contribution in [2.75, 3.05) is 27.2 Å². The molecule has 0 fully saturated rings. The SMILES string of the molecule is CC(CC(=O)O)C(=O)OCCCN(C)C. The van der Waals surface area contributed by atoms with Crippen LogP contribution in [0, 0.1) is 5.92 Å². The lowest BCUT2D eigenvalue weighted by molar-refractivity contribution is -0.152. The average Bonchev–Trinajstić information content (AvgIpc) is 2.10. The Balaban J connectivity index is 3.60. The fraction of sp³-hybridized carbons (Fsp3) is 0.800. The van der Waals surface area contributed by atoms with Gasteiger partial charge in [-0.3, -0.25) is 9.59 Å². The minimum atomic E-state index is -0.979. The molecular formula is C10H19NO4. The molecule has 0 aromatic rings. The molecule has 0 amide bonds. The van der Waals surface area contributed by atoms with Gasteiger partial charge in [0.25, 0.3) is 0 Å². The molecule has 0 rings (SSSR count). The van der Waals surface area contributed by atoms with Crippen LogP contribution in [0.15, 0.2) is 0 Å². The van der Waals surface area contributed by atoms with Gasteiger partial charge in [0.05, 0.1) is 18.9 Å². The molecular weight excluding hydrogens is 198 g/mol.